The molecule has 0 aliphatic rings. The maximum atomic E-state index is 12.1. The zero-order chi connectivity index (χ0) is 14.0. The van der Waals surface area contributed by atoms with Gasteiger partial charge in [0.05, 0.1) is 6.20 Å². The highest BCUT2D eigenvalue weighted by Crippen LogP contribution is 2.24. The lowest BCUT2D eigenvalue weighted by molar-refractivity contribution is 0.0698. The number of aryl methyl sites for hydroxylation is 1. The first-order valence-corrected chi connectivity index (χ1v) is 7.68. The van der Waals surface area contributed by atoms with Gasteiger partial charge in [-0.05, 0) is 17.9 Å². The Bertz CT molecular complexity index is 702. The van der Waals surface area contributed by atoms with Crippen LogP contribution in [0.15, 0.2) is 22.5 Å². The summed E-state index contributed by atoms with van der Waals surface area (Å²) in [6, 6.07) is 1.26. The van der Waals surface area contributed by atoms with Gasteiger partial charge >= 0.3 is 5.97 Å². The van der Waals surface area contributed by atoms with Gasteiger partial charge in [0.15, 0.2) is 0 Å². The summed E-state index contributed by atoms with van der Waals surface area (Å²) in [6.07, 6.45) is 2.12. The molecule has 0 spiro atoms. The van der Waals surface area contributed by atoms with Crippen LogP contribution in [0.25, 0.3) is 0 Å². The van der Waals surface area contributed by atoms with E-state index < -0.39 is 16.0 Å². The molecule has 0 fully saturated rings. The van der Waals surface area contributed by atoms with Crippen molar-refractivity contribution in [1.29, 1.82) is 0 Å². The van der Waals surface area contributed by atoms with Crippen LogP contribution in [0.2, 0.25) is 0 Å². The van der Waals surface area contributed by atoms with E-state index in [9.17, 15) is 13.2 Å². The number of nitrogens with zero attached hydrogens (tertiary/aromatic N) is 1. The molecule has 0 bridgehead atoms. The molecule has 0 aliphatic carbocycles. The summed E-state index contributed by atoms with van der Waals surface area (Å²) in [4.78, 5) is 10.5. The van der Waals surface area contributed by atoms with Gasteiger partial charge < -0.3 is 5.11 Å². The molecule has 0 radical (unpaired) electrons. The Morgan fingerprint density at radius 1 is 1.58 bits per heavy atom. The predicted octanol–water partition coefficient (Wildman–Crippen LogP) is 1.53. The number of H-pyrrole nitrogens is 1. The van der Waals surface area contributed by atoms with E-state index >= 15 is 0 Å². The number of anilines is 1. The van der Waals surface area contributed by atoms with Crippen LogP contribution in [0.4, 0.5) is 5.82 Å². The lowest BCUT2D eigenvalue weighted by atomic mass is 10.3. The fourth-order valence-corrected chi connectivity index (χ4v) is 3.84. The van der Waals surface area contributed by atoms with E-state index in [1.165, 1.54) is 17.6 Å². The van der Waals surface area contributed by atoms with Crippen molar-refractivity contribution in [3.63, 3.8) is 0 Å². The molecule has 2 aromatic heterocycles. The minimum atomic E-state index is -3.94. The molecule has 0 amide bonds. The van der Waals surface area contributed by atoms with E-state index in [0.29, 0.717) is 12.0 Å². The van der Waals surface area contributed by atoms with Gasteiger partial charge in [-0.2, -0.15) is 5.10 Å². The van der Waals surface area contributed by atoms with Crippen molar-refractivity contribution in [2.45, 2.75) is 18.2 Å². The van der Waals surface area contributed by atoms with Gasteiger partial charge in [-0.1, -0.05) is 6.92 Å². The van der Waals surface area contributed by atoms with E-state index in [1.807, 2.05) is 6.92 Å². The highest BCUT2D eigenvalue weighted by Gasteiger charge is 2.24. The first kappa shape index (κ1) is 13.6. The molecular weight excluding hydrogens is 290 g/mol. The quantitative estimate of drug-likeness (QED) is 0.775. The maximum Gasteiger partial charge on any atom is 0.347 e. The number of thiophene rings is 1. The van der Waals surface area contributed by atoms with Crippen molar-refractivity contribution in [3.05, 3.63) is 28.1 Å². The fourth-order valence-electron chi connectivity index (χ4n) is 1.52. The average Bonchev–Trinajstić information content (AvgIpc) is 2.95. The molecule has 102 valence electrons. The number of aromatic amines is 1. The number of carbonyl (C=O) groups is 1. The SMILES string of the molecule is CCc1cn[nH]c1NS(=O)(=O)c1ccsc1C(=O)O. The molecule has 9 heteroatoms. The summed E-state index contributed by atoms with van der Waals surface area (Å²) < 4.78 is 26.6. The molecule has 3 N–H and O–H groups in total. The van der Waals surface area contributed by atoms with Crippen molar-refractivity contribution in [2.24, 2.45) is 0 Å². The van der Waals surface area contributed by atoms with Crippen molar-refractivity contribution in [2.75, 3.05) is 4.72 Å². The molecule has 0 aliphatic heterocycles. The molecule has 0 saturated heterocycles. The second-order valence-corrected chi connectivity index (χ2v) is 6.22. The molecule has 0 unspecified atom stereocenters. The van der Waals surface area contributed by atoms with Crippen molar-refractivity contribution >= 4 is 33.1 Å². The zero-order valence-corrected chi connectivity index (χ0v) is 11.5. The first-order chi connectivity index (χ1) is 8.95. The number of carboxylic acid groups (broad SMARTS) is 1. The smallest absolute Gasteiger partial charge is 0.347 e. The van der Waals surface area contributed by atoms with Crippen LogP contribution >= 0.6 is 11.3 Å². The molecule has 19 heavy (non-hydrogen) atoms. The molecule has 2 heterocycles. The third-order valence-corrected chi connectivity index (χ3v) is 4.87. The summed E-state index contributed by atoms with van der Waals surface area (Å²) in [6.45, 7) is 1.86. The van der Waals surface area contributed by atoms with E-state index in [4.69, 9.17) is 5.11 Å². The van der Waals surface area contributed by atoms with Crippen molar-refractivity contribution < 1.29 is 18.3 Å². The largest absolute Gasteiger partial charge is 0.477 e. The highest BCUT2D eigenvalue weighted by molar-refractivity contribution is 7.93. The fraction of sp³-hybridized carbons (Fsp3) is 0.200. The van der Waals surface area contributed by atoms with Crippen LogP contribution < -0.4 is 4.72 Å². The van der Waals surface area contributed by atoms with Crippen LogP contribution in [0.1, 0.15) is 22.2 Å². The van der Waals surface area contributed by atoms with Gasteiger partial charge in [-0.15, -0.1) is 11.3 Å². The lowest BCUT2D eigenvalue weighted by Crippen LogP contribution is -2.16. The third-order valence-electron chi connectivity index (χ3n) is 2.45. The van der Waals surface area contributed by atoms with Crippen LogP contribution in [0, 0.1) is 0 Å². The summed E-state index contributed by atoms with van der Waals surface area (Å²) in [7, 11) is -3.94. The normalized spacial score (nSPS) is 11.4. The number of nitrogens with one attached hydrogen (secondary N) is 2. The van der Waals surface area contributed by atoms with Gasteiger partial charge in [0, 0.05) is 5.56 Å². The summed E-state index contributed by atoms with van der Waals surface area (Å²) in [5.41, 5.74) is 0.704. The second kappa shape index (κ2) is 5.02. The number of rotatable bonds is 5. The van der Waals surface area contributed by atoms with Gasteiger partial charge in [-0.25, -0.2) is 13.2 Å². The monoisotopic (exact) mass is 301 g/mol. The Balaban J connectivity index is 2.38. The number of carboxylic acids is 1. The van der Waals surface area contributed by atoms with Gasteiger partial charge in [0.25, 0.3) is 10.0 Å². The number of hydrogen-bond acceptors (Lipinski definition) is 5. The zero-order valence-electron chi connectivity index (χ0n) is 9.87. The summed E-state index contributed by atoms with van der Waals surface area (Å²) in [5.74, 6) is -1.01. The summed E-state index contributed by atoms with van der Waals surface area (Å²) >= 11 is 0.863. The molecule has 2 aromatic rings. The van der Waals surface area contributed by atoms with Crippen LogP contribution in [0.5, 0.6) is 0 Å². The van der Waals surface area contributed by atoms with Gasteiger partial charge in [0.2, 0.25) is 0 Å². The van der Waals surface area contributed by atoms with Crippen LogP contribution in [-0.2, 0) is 16.4 Å². The van der Waals surface area contributed by atoms with Crippen LogP contribution in [-0.4, -0.2) is 29.7 Å². The minimum absolute atomic E-state index is 0.218. The molecule has 0 saturated carbocycles. The average molecular weight is 301 g/mol. The van der Waals surface area contributed by atoms with E-state index in [-0.39, 0.29) is 15.6 Å². The Kier molecular flexibility index (Phi) is 3.58. The predicted molar refractivity (Wildman–Crippen MR) is 70.1 cm³/mol. The number of sulfonamides is 1. The standard InChI is InChI=1S/C10H11N3O4S2/c1-2-6-5-11-12-9(6)13-19(16,17)7-3-4-18-8(7)10(14)15/h3-5H,2H2,1H3,(H,14,15)(H2,11,12,13). The van der Waals surface area contributed by atoms with E-state index in [0.717, 1.165) is 11.3 Å². The Hall–Kier alpha value is -1.87. The third kappa shape index (κ3) is 2.61. The molecular formula is C10H11N3O4S2. The van der Waals surface area contributed by atoms with Gasteiger partial charge in [0.1, 0.15) is 15.6 Å². The second-order valence-electron chi connectivity index (χ2n) is 3.65. The Morgan fingerprint density at radius 2 is 2.32 bits per heavy atom. The highest BCUT2D eigenvalue weighted by atomic mass is 32.2. The Morgan fingerprint density at radius 3 is 2.95 bits per heavy atom. The van der Waals surface area contributed by atoms with Crippen molar-refractivity contribution in [3.8, 4) is 0 Å². The Labute approximate surface area is 113 Å². The number of hydrogen-bond donors (Lipinski definition) is 3. The molecule has 7 nitrogen and oxygen atoms in total. The lowest BCUT2D eigenvalue weighted by Gasteiger charge is -2.06. The molecule has 2 rings (SSSR count). The summed E-state index contributed by atoms with van der Waals surface area (Å²) in [5, 5.41) is 16.7. The molecule has 0 aromatic carbocycles. The topological polar surface area (TPSA) is 112 Å². The maximum absolute atomic E-state index is 12.1. The molecule has 0 atom stereocenters. The van der Waals surface area contributed by atoms with Crippen LogP contribution in [0.3, 0.4) is 0 Å². The van der Waals surface area contributed by atoms with E-state index in [1.54, 1.807) is 0 Å². The van der Waals surface area contributed by atoms with Gasteiger partial charge in [-0.3, -0.25) is 9.82 Å². The minimum Gasteiger partial charge on any atom is -0.477 e. The number of aromatic carboxylic acids is 1. The number of aromatic nitrogens is 2. The van der Waals surface area contributed by atoms with Crippen molar-refractivity contribution in [1.82, 2.24) is 10.2 Å². The first-order valence-electron chi connectivity index (χ1n) is 5.31. The van der Waals surface area contributed by atoms with E-state index in [2.05, 4.69) is 14.9 Å².